The fourth-order valence-corrected chi connectivity index (χ4v) is 3.30. The summed E-state index contributed by atoms with van der Waals surface area (Å²) in [5.74, 6) is -1.16. The van der Waals surface area contributed by atoms with Gasteiger partial charge in [0.1, 0.15) is 5.69 Å². The number of carbonyl (C=O) groups is 1. The summed E-state index contributed by atoms with van der Waals surface area (Å²) in [4.78, 5) is 21.1. The first-order valence-electron chi connectivity index (χ1n) is 7.92. The summed E-state index contributed by atoms with van der Waals surface area (Å²) < 4.78 is 41.1. The summed E-state index contributed by atoms with van der Waals surface area (Å²) in [6, 6.07) is 8.32. The molecule has 1 aliphatic heterocycles. The van der Waals surface area contributed by atoms with Crippen molar-refractivity contribution in [2.24, 2.45) is 5.10 Å². The third-order valence-electron chi connectivity index (χ3n) is 4.02. The molecule has 1 unspecified atom stereocenters. The standard InChI is InChI=1S/C17H14BrF3N4O2S/c1-9-8-16(27,17(19,20)21)25(24-9)14(26)13-7-12(22-15(23-13)28-2)10-3-5-11(18)6-4-10/h3-7,27H,8H2,1-2H3. The molecule has 2 heterocycles. The fraction of sp³-hybridized carbons (Fsp3) is 0.294. The van der Waals surface area contributed by atoms with Crippen molar-refractivity contribution in [2.75, 3.05) is 6.26 Å². The second-order valence-corrected chi connectivity index (χ2v) is 7.76. The van der Waals surface area contributed by atoms with Crippen LogP contribution < -0.4 is 0 Å². The number of alkyl halides is 3. The molecule has 3 rings (SSSR count). The highest BCUT2D eigenvalue weighted by atomic mass is 79.9. The molecule has 0 aliphatic carbocycles. The summed E-state index contributed by atoms with van der Waals surface area (Å²) in [7, 11) is 0. The van der Waals surface area contributed by atoms with Gasteiger partial charge in [0.05, 0.1) is 5.69 Å². The first-order chi connectivity index (χ1) is 13.0. The average molecular weight is 475 g/mol. The van der Waals surface area contributed by atoms with Crippen LogP contribution in [0.2, 0.25) is 0 Å². The Morgan fingerprint density at radius 3 is 2.50 bits per heavy atom. The number of aliphatic hydroxyl groups is 1. The summed E-state index contributed by atoms with van der Waals surface area (Å²) in [5, 5.41) is 14.0. The lowest BCUT2D eigenvalue weighted by Crippen LogP contribution is -2.56. The van der Waals surface area contributed by atoms with E-state index < -0.39 is 24.2 Å². The predicted octanol–water partition coefficient (Wildman–Crippen LogP) is 4.10. The number of hydrogen-bond donors (Lipinski definition) is 1. The minimum Gasteiger partial charge on any atom is -0.362 e. The van der Waals surface area contributed by atoms with Gasteiger partial charge in [-0.15, -0.1) is 0 Å². The Morgan fingerprint density at radius 2 is 1.93 bits per heavy atom. The number of carbonyl (C=O) groups excluding carboxylic acids is 1. The number of hydrogen-bond acceptors (Lipinski definition) is 6. The van der Waals surface area contributed by atoms with Crippen LogP contribution in [0.25, 0.3) is 11.3 Å². The second kappa shape index (κ2) is 7.45. The number of hydrazone groups is 1. The zero-order valence-electron chi connectivity index (χ0n) is 14.7. The second-order valence-electron chi connectivity index (χ2n) is 6.08. The highest BCUT2D eigenvalue weighted by Crippen LogP contribution is 2.41. The van der Waals surface area contributed by atoms with Crippen LogP contribution in [0.3, 0.4) is 0 Å². The van der Waals surface area contributed by atoms with Gasteiger partial charge in [-0.1, -0.05) is 39.8 Å². The van der Waals surface area contributed by atoms with Gasteiger partial charge in [-0.2, -0.15) is 23.3 Å². The van der Waals surface area contributed by atoms with E-state index in [2.05, 4.69) is 31.0 Å². The molecule has 11 heteroatoms. The van der Waals surface area contributed by atoms with Crippen molar-refractivity contribution in [3.8, 4) is 11.3 Å². The molecule has 0 fully saturated rings. The molecule has 28 heavy (non-hydrogen) atoms. The fourth-order valence-electron chi connectivity index (χ4n) is 2.66. The molecule has 1 amide bonds. The van der Waals surface area contributed by atoms with Gasteiger partial charge in [-0.05, 0) is 31.4 Å². The molecule has 1 N–H and O–H groups in total. The van der Waals surface area contributed by atoms with Crippen molar-refractivity contribution in [3.05, 3.63) is 40.5 Å². The molecular formula is C17H14BrF3N4O2S. The number of amides is 1. The first-order valence-corrected chi connectivity index (χ1v) is 9.93. The predicted molar refractivity (Wildman–Crippen MR) is 102 cm³/mol. The van der Waals surface area contributed by atoms with Gasteiger partial charge in [-0.3, -0.25) is 4.79 Å². The Kier molecular flexibility index (Phi) is 5.52. The maximum absolute atomic E-state index is 13.4. The van der Waals surface area contributed by atoms with Gasteiger partial charge < -0.3 is 5.11 Å². The Hall–Kier alpha value is -1.98. The van der Waals surface area contributed by atoms with E-state index in [9.17, 15) is 23.1 Å². The van der Waals surface area contributed by atoms with Crippen LogP contribution in [-0.4, -0.2) is 49.9 Å². The number of aromatic nitrogens is 2. The SMILES string of the molecule is CSc1nc(C(=O)N2N=C(C)CC2(O)C(F)(F)F)cc(-c2ccc(Br)cc2)n1. The highest BCUT2D eigenvalue weighted by Gasteiger charge is 2.63. The highest BCUT2D eigenvalue weighted by molar-refractivity contribution is 9.10. The van der Waals surface area contributed by atoms with E-state index in [-0.39, 0.29) is 21.6 Å². The molecule has 0 radical (unpaired) electrons. The number of benzene rings is 1. The van der Waals surface area contributed by atoms with Crippen molar-refractivity contribution in [1.29, 1.82) is 0 Å². The first kappa shape index (κ1) is 20.7. The molecule has 1 aromatic heterocycles. The van der Waals surface area contributed by atoms with E-state index in [4.69, 9.17) is 0 Å². The van der Waals surface area contributed by atoms with Gasteiger partial charge in [0.15, 0.2) is 5.16 Å². The topological polar surface area (TPSA) is 78.7 Å². The van der Waals surface area contributed by atoms with E-state index in [1.807, 2.05) is 0 Å². The van der Waals surface area contributed by atoms with Crippen molar-refractivity contribution in [2.45, 2.75) is 30.4 Å². The Labute approximate surface area is 171 Å². The maximum Gasteiger partial charge on any atom is 0.438 e. The molecule has 0 saturated heterocycles. The van der Waals surface area contributed by atoms with E-state index >= 15 is 0 Å². The smallest absolute Gasteiger partial charge is 0.362 e. The third-order valence-corrected chi connectivity index (χ3v) is 5.09. The molecule has 2 aromatic rings. The summed E-state index contributed by atoms with van der Waals surface area (Å²) in [6.07, 6.45) is -4.21. The van der Waals surface area contributed by atoms with Gasteiger partial charge in [-0.25, -0.2) is 9.97 Å². The molecule has 1 atom stereocenters. The molecule has 0 bridgehead atoms. The van der Waals surface area contributed by atoms with Crippen LogP contribution in [0.1, 0.15) is 23.8 Å². The number of halogens is 4. The Morgan fingerprint density at radius 1 is 1.29 bits per heavy atom. The molecule has 0 saturated carbocycles. The maximum atomic E-state index is 13.4. The van der Waals surface area contributed by atoms with Crippen molar-refractivity contribution < 1.29 is 23.1 Å². The number of nitrogens with zero attached hydrogens (tertiary/aromatic N) is 4. The van der Waals surface area contributed by atoms with Gasteiger partial charge >= 0.3 is 6.18 Å². The van der Waals surface area contributed by atoms with E-state index in [0.717, 1.165) is 16.2 Å². The van der Waals surface area contributed by atoms with Crippen LogP contribution >= 0.6 is 27.7 Å². The van der Waals surface area contributed by atoms with Crippen LogP contribution in [0.5, 0.6) is 0 Å². The van der Waals surface area contributed by atoms with E-state index in [1.165, 1.54) is 13.0 Å². The van der Waals surface area contributed by atoms with Crippen LogP contribution in [0.4, 0.5) is 13.2 Å². The van der Waals surface area contributed by atoms with Crippen LogP contribution in [0, 0.1) is 0 Å². The molecule has 148 valence electrons. The number of rotatable bonds is 3. The monoisotopic (exact) mass is 474 g/mol. The number of thioether (sulfide) groups is 1. The summed E-state index contributed by atoms with van der Waals surface area (Å²) in [6.45, 7) is 1.31. The average Bonchev–Trinajstić information content (AvgIpc) is 2.96. The zero-order chi connectivity index (χ0) is 20.7. The molecular weight excluding hydrogens is 461 g/mol. The quantitative estimate of drug-likeness (QED) is 0.535. The summed E-state index contributed by atoms with van der Waals surface area (Å²) >= 11 is 4.46. The van der Waals surface area contributed by atoms with Crippen molar-refractivity contribution in [1.82, 2.24) is 15.0 Å². The third kappa shape index (κ3) is 3.78. The Balaban J connectivity index is 2.06. The van der Waals surface area contributed by atoms with E-state index in [0.29, 0.717) is 11.3 Å². The molecule has 1 aromatic carbocycles. The normalized spacial score (nSPS) is 19.7. The van der Waals surface area contributed by atoms with Gasteiger partial charge in [0.25, 0.3) is 11.6 Å². The summed E-state index contributed by atoms with van der Waals surface area (Å²) in [5.41, 5.74) is -2.69. The largest absolute Gasteiger partial charge is 0.438 e. The lowest BCUT2D eigenvalue weighted by molar-refractivity contribution is -0.297. The Bertz CT molecular complexity index is 952. The van der Waals surface area contributed by atoms with Gasteiger partial charge in [0.2, 0.25) is 0 Å². The van der Waals surface area contributed by atoms with Crippen molar-refractivity contribution >= 4 is 39.3 Å². The molecule has 0 spiro atoms. The van der Waals surface area contributed by atoms with E-state index in [1.54, 1.807) is 30.5 Å². The molecule has 1 aliphatic rings. The van der Waals surface area contributed by atoms with Crippen LogP contribution in [-0.2, 0) is 0 Å². The lowest BCUT2D eigenvalue weighted by atomic mass is 10.1. The van der Waals surface area contributed by atoms with Crippen molar-refractivity contribution in [3.63, 3.8) is 0 Å². The zero-order valence-corrected chi connectivity index (χ0v) is 17.1. The minimum absolute atomic E-state index is 0.0135. The van der Waals surface area contributed by atoms with Crippen LogP contribution in [0.15, 0.2) is 45.1 Å². The lowest BCUT2D eigenvalue weighted by Gasteiger charge is -2.32. The molecule has 6 nitrogen and oxygen atoms in total. The van der Waals surface area contributed by atoms with Gasteiger partial charge in [0, 0.05) is 22.2 Å². The minimum atomic E-state index is -5.08.